The SMILES string of the molecule is O=C(OCC(O)C(O)CO)c1ccc(O)c(O)c1. The number of rotatable bonds is 5. The fourth-order valence-corrected chi connectivity index (χ4v) is 1.13. The number of aliphatic hydroxyl groups excluding tert-OH is 3. The van der Waals surface area contributed by atoms with Crippen molar-refractivity contribution in [2.75, 3.05) is 13.2 Å². The first kappa shape index (κ1) is 14.2. The van der Waals surface area contributed by atoms with Gasteiger partial charge in [0, 0.05) is 0 Å². The number of phenols is 2. The number of ether oxygens (including phenoxy) is 1. The molecule has 0 fully saturated rings. The van der Waals surface area contributed by atoms with Crippen molar-refractivity contribution in [3.8, 4) is 11.5 Å². The topological polar surface area (TPSA) is 127 Å². The zero-order valence-electron chi connectivity index (χ0n) is 9.35. The monoisotopic (exact) mass is 258 g/mol. The Hall–Kier alpha value is -1.83. The molecule has 1 rings (SSSR count). The van der Waals surface area contributed by atoms with E-state index >= 15 is 0 Å². The van der Waals surface area contributed by atoms with Gasteiger partial charge < -0.3 is 30.3 Å². The third-order valence-corrected chi connectivity index (χ3v) is 2.23. The van der Waals surface area contributed by atoms with Crippen molar-refractivity contribution in [3.05, 3.63) is 23.8 Å². The Kier molecular flexibility index (Phi) is 4.90. The Morgan fingerprint density at radius 2 is 1.83 bits per heavy atom. The van der Waals surface area contributed by atoms with Gasteiger partial charge in [0.05, 0.1) is 12.2 Å². The van der Waals surface area contributed by atoms with Gasteiger partial charge in [0.2, 0.25) is 0 Å². The summed E-state index contributed by atoms with van der Waals surface area (Å²) in [4.78, 5) is 11.5. The summed E-state index contributed by atoms with van der Waals surface area (Å²) in [6.45, 7) is -1.15. The first-order valence-electron chi connectivity index (χ1n) is 5.11. The van der Waals surface area contributed by atoms with Crippen LogP contribution in [-0.4, -0.2) is 56.9 Å². The molecule has 18 heavy (non-hydrogen) atoms. The summed E-state index contributed by atoms with van der Waals surface area (Å²) < 4.78 is 4.65. The number of carbonyl (C=O) groups excluding carboxylic acids is 1. The van der Waals surface area contributed by atoms with Crippen molar-refractivity contribution in [1.29, 1.82) is 0 Å². The second kappa shape index (κ2) is 6.20. The van der Waals surface area contributed by atoms with Crippen molar-refractivity contribution < 1.29 is 35.1 Å². The highest BCUT2D eigenvalue weighted by Crippen LogP contribution is 2.25. The summed E-state index contributed by atoms with van der Waals surface area (Å²) in [6.07, 6.45) is -2.80. The molecule has 0 radical (unpaired) electrons. The van der Waals surface area contributed by atoms with Crippen LogP contribution in [0.15, 0.2) is 18.2 Å². The molecule has 0 aliphatic carbocycles. The van der Waals surface area contributed by atoms with Crippen LogP contribution in [0.3, 0.4) is 0 Å². The Labute approximate surface area is 103 Å². The maximum absolute atomic E-state index is 11.5. The molecule has 0 saturated heterocycles. The van der Waals surface area contributed by atoms with Crippen LogP contribution < -0.4 is 0 Å². The van der Waals surface area contributed by atoms with Crippen LogP contribution in [-0.2, 0) is 4.74 Å². The summed E-state index contributed by atoms with van der Waals surface area (Å²) >= 11 is 0. The molecule has 1 aromatic carbocycles. The molecule has 0 aromatic heterocycles. The summed E-state index contributed by atoms with van der Waals surface area (Å²) in [5, 5.41) is 45.0. The second-order valence-electron chi connectivity index (χ2n) is 3.62. The lowest BCUT2D eigenvalue weighted by Gasteiger charge is -2.15. The number of hydrogen-bond acceptors (Lipinski definition) is 7. The van der Waals surface area contributed by atoms with Crippen molar-refractivity contribution in [2.45, 2.75) is 12.2 Å². The predicted molar refractivity (Wildman–Crippen MR) is 59.2 cm³/mol. The van der Waals surface area contributed by atoms with E-state index in [-0.39, 0.29) is 11.3 Å². The number of aromatic hydroxyl groups is 2. The third kappa shape index (κ3) is 3.59. The van der Waals surface area contributed by atoms with Crippen molar-refractivity contribution >= 4 is 5.97 Å². The fourth-order valence-electron chi connectivity index (χ4n) is 1.13. The van der Waals surface area contributed by atoms with Gasteiger partial charge >= 0.3 is 5.97 Å². The molecule has 2 atom stereocenters. The van der Waals surface area contributed by atoms with E-state index in [1.807, 2.05) is 0 Å². The molecule has 0 saturated carbocycles. The Balaban J connectivity index is 2.58. The number of esters is 1. The Morgan fingerprint density at radius 1 is 1.17 bits per heavy atom. The van der Waals surface area contributed by atoms with Gasteiger partial charge in [0.15, 0.2) is 11.5 Å². The normalized spacial score (nSPS) is 13.9. The lowest BCUT2D eigenvalue weighted by atomic mass is 10.2. The maximum atomic E-state index is 11.5. The standard InChI is InChI=1S/C11H14O7/c12-4-9(15)10(16)5-18-11(17)6-1-2-7(13)8(14)3-6/h1-3,9-10,12-16H,4-5H2. The van der Waals surface area contributed by atoms with Gasteiger partial charge in [0.1, 0.15) is 18.8 Å². The third-order valence-electron chi connectivity index (χ3n) is 2.23. The summed E-state index contributed by atoms with van der Waals surface area (Å²) in [5.74, 6) is -1.68. The van der Waals surface area contributed by atoms with Crippen molar-refractivity contribution in [3.63, 3.8) is 0 Å². The van der Waals surface area contributed by atoms with Crippen LogP contribution in [0.1, 0.15) is 10.4 Å². The first-order valence-corrected chi connectivity index (χ1v) is 5.11. The largest absolute Gasteiger partial charge is 0.504 e. The molecule has 0 spiro atoms. The molecular weight excluding hydrogens is 244 g/mol. The van der Waals surface area contributed by atoms with Crippen LogP contribution in [0, 0.1) is 0 Å². The zero-order valence-corrected chi connectivity index (χ0v) is 9.35. The van der Waals surface area contributed by atoms with Crippen LogP contribution >= 0.6 is 0 Å². The molecule has 0 aliphatic rings. The van der Waals surface area contributed by atoms with Crippen LogP contribution in [0.2, 0.25) is 0 Å². The molecule has 2 unspecified atom stereocenters. The molecule has 0 amide bonds. The second-order valence-corrected chi connectivity index (χ2v) is 3.62. The smallest absolute Gasteiger partial charge is 0.338 e. The van der Waals surface area contributed by atoms with E-state index in [1.165, 1.54) is 6.07 Å². The van der Waals surface area contributed by atoms with Crippen LogP contribution in [0.5, 0.6) is 11.5 Å². The fraction of sp³-hybridized carbons (Fsp3) is 0.364. The number of carbonyl (C=O) groups is 1. The lowest BCUT2D eigenvalue weighted by molar-refractivity contribution is -0.0467. The van der Waals surface area contributed by atoms with Gasteiger partial charge in [-0.2, -0.15) is 0 Å². The average Bonchev–Trinajstić information content (AvgIpc) is 2.37. The molecule has 0 heterocycles. The summed E-state index contributed by atoms with van der Waals surface area (Å²) in [6, 6.07) is 3.35. The van der Waals surface area contributed by atoms with Gasteiger partial charge in [-0.3, -0.25) is 0 Å². The van der Waals surface area contributed by atoms with Gasteiger partial charge in [-0.1, -0.05) is 0 Å². The molecule has 5 N–H and O–H groups in total. The van der Waals surface area contributed by atoms with E-state index in [2.05, 4.69) is 4.74 Å². The summed E-state index contributed by atoms with van der Waals surface area (Å²) in [7, 11) is 0. The van der Waals surface area contributed by atoms with Crippen LogP contribution in [0.25, 0.3) is 0 Å². The quantitative estimate of drug-likeness (QED) is 0.337. The minimum absolute atomic E-state index is 0.0176. The molecule has 1 aromatic rings. The van der Waals surface area contributed by atoms with Crippen molar-refractivity contribution in [2.24, 2.45) is 0 Å². The van der Waals surface area contributed by atoms with E-state index in [0.717, 1.165) is 12.1 Å². The number of phenolic OH excluding ortho intramolecular Hbond substituents is 2. The van der Waals surface area contributed by atoms with Gasteiger partial charge in [-0.05, 0) is 18.2 Å². The number of hydrogen-bond donors (Lipinski definition) is 5. The number of aliphatic hydroxyl groups is 3. The molecule has 0 aliphatic heterocycles. The molecule has 0 bridgehead atoms. The van der Waals surface area contributed by atoms with E-state index in [0.29, 0.717) is 0 Å². The van der Waals surface area contributed by atoms with E-state index < -0.39 is 37.1 Å². The summed E-state index contributed by atoms with van der Waals surface area (Å²) in [5.41, 5.74) is -0.0176. The average molecular weight is 258 g/mol. The molecule has 100 valence electrons. The first-order chi connectivity index (χ1) is 8.45. The number of benzene rings is 1. The van der Waals surface area contributed by atoms with Crippen LogP contribution in [0.4, 0.5) is 0 Å². The molecule has 7 nitrogen and oxygen atoms in total. The lowest BCUT2D eigenvalue weighted by Crippen LogP contribution is -2.34. The minimum atomic E-state index is -1.40. The highest BCUT2D eigenvalue weighted by atomic mass is 16.5. The Bertz CT molecular complexity index is 418. The van der Waals surface area contributed by atoms with Gasteiger partial charge in [-0.25, -0.2) is 4.79 Å². The maximum Gasteiger partial charge on any atom is 0.338 e. The van der Waals surface area contributed by atoms with Crippen molar-refractivity contribution in [1.82, 2.24) is 0 Å². The van der Waals surface area contributed by atoms with E-state index in [4.69, 9.17) is 15.3 Å². The Morgan fingerprint density at radius 3 is 2.39 bits per heavy atom. The molecular formula is C11H14O7. The van der Waals surface area contributed by atoms with Gasteiger partial charge in [0.25, 0.3) is 0 Å². The highest BCUT2D eigenvalue weighted by molar-refractivity contribution is 5.90. The van der Waals surface area contributed by atoms with E-state index in [1.54, 1.807) is 0 Å². The van der Waals surface area contributed by atoms with E-state index in [9.17, 15) is 15.0 Å². The minimum Gasteiger partial charge on any atom is -0.504 e. The highest BCUT2D eigenvalue weighted by Gasteiger charge is 2.18. The zero-order chi connectivity index (χ0) is 13.7. The predicted octanol–water partition coefficient (Wildman–Crippen LogP) is -1.03. The van der Waals surface area contributed by atoms with Gasteiger partial charge in [-0.15, -0.1) is 0 Å². The molecule has 7 heteroatoms.